The summed E-state index contributed by atoms with van der Waals surface area (Å²) in [6, 6.07) is 3.68. The lowest BCUT2D eigenvalue weighted by Gasteiger charge is -2.15. The molecule has 0 aliphatic carbocycles. The predicted octanol–water partition coefficient (Wildman–Crippen LogP) is 1.71. The molecule has 4 N–H and O–H groups in total. The molecule has 10 heteroatoms. The number of primary amides is 1. The van der Waals surface area contributed by atoms with Gasteiger partial charge in [0.05, 0.1) is 17.6 Å². The average molecular weight is 402 g/mol. The first-order valence-electron chi connectivity index (χ1n) is 6.73. The lowest BCUT2D eigenvalue weighted by atomic mass is 10.2. The zero-order valence-corrected chi connectivity index (χ0v) is 14.7. The maximum Gasteiger partial charge on any atom is 0.255 e. The Bertz CT molecular complexity index is 745. The van der Waals surface area contributed by atoms with Crippen molar-refractivity contribution in [3.8, 4) is 11.5 Å². The van der Waals surface area contributed by atoms with Crippen LogP contribution in [0.1, 0.15) is 12.5 Å². The topological polar surface area (TPSA) is 107 Å². The van der Waals surface area contributed by atoms with Crippen molar-refractivity contribution in [1.82, 2.24) is 14.9 Å². The van der Waals surface area contributed by atoms with Crippen molar-refractivity contribution in [3.63, 3.8) is 0 Å². The molecule has 0 radical (unpaired) electrons. The molecule has 1 aromatic carbocycles. The van der Waals surface area contributed by atoms with Crippen LogP contribution < -0.4 is 20.6 Å². The number of aromatic nitrogens is 3. The summed E-state index contributed by atoms with van der Waals surface area (Å²) in [6.45, 7) is 2.59. The molecule has 0 saturated carbocycles. The van der Waals surface area contributed by atoms with Crippen molar-refractivity contribution in [3.05, 3.63) is 33.3 Å². The van der Waals surface area contributed by atoms with Gasteiger partial charge in [-0.15, -0.1) is 0 Å². The highest BCUT2D eigenvalue weighted by Gasteiger charge is 2.13. The fourth-order valence-corrected chi connectivity index (χ4v) is 2.58. The largest absolute Gasteiger partial charge is 0.490 e. The van der Waals surface area contributed by atoms with Crippen LogP contribution >= 0.6 is 28.1 Å². The molecule has 23 heavy (non-hydrogen) atoms. The third-order valence-electron chi connectivity index (χ3n) is 2.73. The molecule has 8 nitrogen and oxygen atoms in total. The molecule has 1 amide bonds. The van der Waals surface area contributed by atoms with Crippen molar-refractivity contribution >= 4 is 34.1 Å². The van der Waals surface area contributed by atoms with Gasteiger partial charge in [0.2, 0.25) is 4.77 Å². The van der Waals surface area contributed by atoms with Crippen molar-refractivity contribution in [2.45, 2.75) is 13.5 Å². The zero-order chi connectivity index (χ0) is 16.8. The lowest BCUT2D eigenvalue weighted by Crippen LogP contribution is -2.20. The van der Waals surface area contributed by atoms with Gasteiger partial charge in [-0.3, -0.25) is 9.89 Å². The number of amides is 1. The average Bonchev–Trinajstić information content (AvgIpc) is 2.89. The number of aromatic amines is 1. The van der Waals surface area contributed by atoms with Gasteiger partial charge in [0.15, 0.2) is 18.1 Å². The molecule has 0 atom stereocenters. The van der Waals surface area contributed by atoms with E-state index in [4.69, 9.17) is 27.4 Å². The van der Waals surface area contributed by atoms with Gasteiger partial charge in [0.25, 0.3) is 5.91 Å². The molecule has 2 rings (SSSR count). The highest BCUT2D eigenvalue weighted by atomic mass is 79.9. The van der Waals surface area contributed by atoms with E-state index < -0.39 is 5.91 Å². The Kier molecular flexibility index (Phi) is 5.99. The van der Waals surface area contributed by atoms with E-state index in [2.05, 4.69) is 31.6 Å². The number of rotatable bonds is 8. The normalized spacial score (nSPS) is 10.3. The summed E-state index contributed by atoms with van der Waals surface area (Å²) in [5, 5.41) is 6.48. The molecule has 1 aromatic heterocycles. The minimum Gasteiger partial charge on any atom is -0.490 e. The van der Waals surface area contributed by atoms with E-state index in [1.807, 2.05) is 19.1 Å². The van der Waals surface area contributed by atoms with Crippen LogP contribution in [0.4, 0.5) is 0 Å². The number of hydrogen-bond acceptors (Lipinski definition) is 6. The second kappa shape index (κ2) is 7.97. The van der Waals surface area contributed by atoms with Gasteiger partial charge in [0.1, 0.15) is 6.33 Å². The van der Waals surface area contributed by atoms with Crippen LogP contribution in [0.2, 0.25) is 0 Å². The Balaban J connectivity index is 2.19. The van der Waals surface area contributed by atoms with Crippen LogP contribution in [-0.4, -0.2) is 34.0 Å². The molecule has 0 bridgehead atoms. The van der Waals surface area contributed by atoms with Gasteiger partial charge in [-0.25, -0.2) is 4.68 Å². The van der Waals surface area contributed by atoms with Gasteiger partial charge >= 0.3 is 0 Å². The minimum absolute atomic E-state index is 0.222. The number of benzene rings is 1. The molecule has 0 spiro atoms. The second-order valence-electron chi connectivity index (χ2n) is 4.46. The molecule has 0 unspecified atom stereocenters. The van der Waals surface area contributed by atoms with Gasteiger partial charge in [0, 0.05) is 0 Å². The highest BCUT2D eigenvalue weighted by molar-refractivity contribution is 9.10. The van der Waals surface area contributed by atoms with Crippen LogP contribution in [0.15, 0.2) is 22.9 Å². The van der Waals surface area contributed by atoms with Crippen molar-refractivity contribution in [2.75, 3.05) is 18.6 Å². The quantitative estimate of drug-likeness (QED) is 0.581. The summed E-state index contributed by atoms with van der Waals surface area (Å²) >= 11 is 8.48. The molecular weight excluding hydrogens is 386 g/mol. The number of H-pyrrole nitrogens is 1. The fraction of sp³-hybridized carbons (Fsp3) is 0.308. The predicted molar refractivity (Wildman–Crippen MR) is 90.5 cm³/mol. The number of carbonyl (C=O) groups excluding carboxylic acids is 1. The smallest absolute Gasteiger partial charge is 0.255 e. The Morgan fingerprint density at radius 3 is 2.91 bits per heavy atom. The van der Waals surface area contributed by atoms with Crippen LogP contribution in [-0.2, 0) is 11.3 Å². The summed E-state index contributed by atoms with van der Waals surface area (Å²) in [5.74, 6) is 0.407. The first-order valence-corrected chi connectivity index (χ1v) is 7.93. The summed E-state index contributed by atoms with van der Waals surface area (Å²) in [5.41, 5.74) is 9.14. The third kappa shape index (κ3) is 4.70. The fourth-order valence-electron chi connectivity index (χ4n) is 1.81. The molecular formula is C13H16BrN5O3S. The number of halogens is 1. The van der Waals surface area contributed by atoms with Gasteiger partial charge in [-0.2, -0.15) is 5.10 Å². The van der Waals surface area contributed by atoms with E-state index in [9.17, 15) is 4.79 Å². The van der Waals surface area contributed by atoms with Gasteiger partial charge < -0.3 is 20.6 Å². The van der Waals surface area contributed by atoms with Crippen LogP contribution in [0, 0.1) is 4.77 Å². The highest BCUT2D eigenvalue weighted by Crippen LogP contribution is 2.37. The third-order valence-corrected chi connectivity index (χ3v) is 3.61. The van der Waals surface area contributed by atoms with Crippen LogP contribution in [0.3, 0.4) is 0 Å². The Labute approximate surface area is 146 Å². The van der Waals surface area contributed by atoms with E-state index in [1.165, 1.54) is 0 Å². The van der Waals surface area contributed by atoms with E-state index >= 15 is 0 Å². The summed E-state index contributed by atoms with van der Waals surface area (Å²) in [6.07, 6.45) is 1.55. The van der Waals surface area contributed by atoms with E-state index in [1.54, 1.807) is 11.0 Å². The Morgan fingerprint density at radius 2 is 2.30 bits per heavy atom. The number of nitrogens with one attached hydrogen (secondary N) is 2. The maximum absolute atomic E-state index is 10.9. The number of ether oxygens (including phenoxy) is 2. The SMILES string of the molecule is CCOc1cc(CNn2cn[nH]c2=S)cc(Br)c1OCC(N)=O. The van der Waals surface area contributed by atoms with E-state index in [0.717, 1.165) is 5.56 Å². The minimum atomic E-state index is -0.556. The number of hydrogen-bond donors (Lipinski definition) is 3. The van der Waals surface area contributed by atoms with Crippen LogP contribution in [0.5, 0.6) is 11.5 Å². The molecule has 0 saturated heterocycles. The molecule has 0 fully saturated rings. The molecule has 1 heterocycles. The Hall–Kier alpha value is -2.07. The van der Waals surface area contributed by atoms with Crippen molar-refractivity contribution < 1.29 is 14.3 Å². The molecule has 124 valence electrons. The Morgan fingerprint density at radius 1 is 1.52 bits per heavy atom. The zero-order valence-electron chi connectivity index (χ0n) is 12.3. The lowest BCUT2D eigenvalue weighted by molar-refractivity contribution is -0.119. The van der Waals surface area contributed by atoms with Crippen molar-refractivity contribution in [2.24, 2.45) is 5.73 Å². The number of nitrogens with two attached hydrogens (primary N) is 1. The second-order valence-corrected chi connectivity index (χ2v) is 5.70. The standard InChI is InChI=1S/C13H16BrN5O3S/c1-2-21-10-4-8(5-17-19-7-16-18-13(19)23)3-9(14)12(10)22-6-11(15)20/h3-4,7,17H,2,5-6H2,1H3,(H2,15,20)(H,18,23). The van der Waals surface area contributed by atoms with Crippen LogP contribution in [0.25, 0.3) is 0 Å². The van der Waals surface area contributed by atoms with Gasteiger partial charge in [-0.05, 0) is 52.8 Å². The molecule has 0 aliphatic heterocycles. The van der Waals surface area contributed by atoms with E-state index in [-0.39, 0.29) is 6.61 Å². The first kappa shape index (κ1) is 17.3. The summed E-state index contributed by atoms with van der Waals surface area (Å²) in [4.78, 5) is 10.9. The first-order chi connectivity index (χ1) is 11.0. The number of nitrogens with zero attached hydrogens (tertiary/aromatic N) is 2. The van der Waals surface area contributed by atoms with Gasteiger partial charge in [-0.1, -0.05) is 0 Å². The maximum atomic E-state index is 10.9. The molecule has 0 aliphatic rings. The monoisotopic (exact) mass is 401 g/mol. The van der Waals surface area contributed by atoms with E-state index in [0.29, 0.717) is 33.9 Å². The molecule has 2 aromatic rings. The van der Waals surface area contributed by atoms with Crippen molar-refractivity contribution in [1.29, 1.82) is 0 Å². The summed E-state index contributed by atoms with van der Waals surface area (Å²) < 4.78 is 13.7. The number of carbonyl (C=O) groups is 1. The summed E-state index contributed by atoms with van der Waals surface area (Å²) in [7, 11) is 0.